The fraction of sp³-hybridized carbons (Fsp3) is 0.222. The van der Waals surface area contributed by atoms with Crippen LogP contribution < -0.4 is 10.5 Å². The van der Waals surface area contributed by atoms with Crippen molar-refractivity contribution in [3.8, 4) is 5.75 Å². The molecule has 1 aromatic carbocycles. The Bertz CT molecular complexity index is 321. The summed E-state index contributed by atoms with van der Waals surface area (Å²) in [6.45, 7) is 0.228. The minimum absolute atomic E-state index is 0.171. The van der Waals surface area contributed by atoms with Crippen LogP contribution in [-0.4, -0.2) is 12.5 Å². The maximum atomic E-state index is 10.4. The third kappa shape index (κ3) is 3.85. The lowest BCUT2D eigenvalue weighted by molar-refractivity contribution is -0.118. The highest BCUT2D eigenvalue weighted by Gasteiger charge is 2.00. The second-order valence-corrected chi connectivity index (χ2v) is 3.54. The highest BCUT2D eigenvalue weighted by atomic mass is 35.5. The van der Waals surface area contributed by atoms with Crippen LogP contribution in [0.3, 0.4) is 0 Å². The predicted octanol–water partition coefficient (Wildman–Crippen LogP) is 2.25. The van der Waals surface area contributed by atoms with Crippen molar-refractivity contribution in [1.29, 1.82) is 0 Å². The van der Waals surface area contributed by atoms with E-state index in [4.69, 9.17) is 33.7 Å². The molecule has 1 amide bonds. The Labute approximate surface area is 91.7 Å². The van der Waals surface area contributed by atoms with Gasteiger partial charge in [-0.2, -0.15) is 0 Å². The highest BCUT2D eigenvalue weighted by molar-refractivity contribution is 6.34. The summed E-state index contributed by atoms with van der Waals surface area (Å²) in [5.41, 5.74) is 4.95. The van der Waals surface area contributed by atoms with E-state index < -0.39 is 5.91 Å². The fourth-order valence-electron chi connectivity index (χ4n) is 0.881. The van der Waals surface area contributed by atoms with Crippen molar-refractivity contribution in [3.63, 3.8) is 0 Å². The second-order valence-electron chi connectivity index (χ2n) is 2.67. The summed E-state index contributed by atoms with van der Waals surface area (Å²) in [7, 11) is 0. The predicted molar refractivity (Wildman–Crippen MR) is 55.8 cm³/mol. The van der Waals surface area contributed by atoms with Crippen molar-refractivity contribution in [2.24, 2.45) is 5.73 Å². The van der Waals surface area contributed by atoms with Crippen LogP contribution in [0, 0.1) is 0 Å². The van der Waals surface area contributed by atoms with Crippen LogP contribution in [0.25, 0.3) is 0 Å². The minimum atomic E-state index is -0.405. The summed E-state index contributed by atoms with van der Waals surface area (Å²) in [6, 6.07) is 4.84. The van der Waals surface area contributed by atoms with Crippen LogP contribution in [0.4, 0.5) is 0 Å². The van der Waals surface area contributed by atoms with Crippen molar-refractivity contribution >= 4 is 29.1 Å². The molecule has 0 aliphatic carbocycles. The van der Waals surface area contributed by atoms with Crippen LogP contribution in [0.1, 0.15) is 6.42 Å². The van der Waals surface area contributed by atoms with Crippen molar-refractivity contribution in [1.82, 2.24) is 0 Å². The average molecular weight is 234 g/mol. The molecule has 76 valence electrons. The Morgan fingerprint density at radius 3 is 2.36 bits per heavy atom. The third-order valence-corrected chi connectivity index (χ3v) is 1.89. The van der Waals surface area contributed by atoms with E-state index in [0.29, 0.717) is 15.8 Å². The molecule has 0 heterocycles. The number of benzene rings is 1. The monoisotopic (exact) mass is 233 g/mol. The lowest BCUT2D eigenvalue weighted by Crippen LogP contribution is -2.14. The van der Waals surface area contributed by atoms with Crippen molar-refractivity contribution in [3.05, 3.63) is 28.2 Å². The van der Waals surface area contributed by atoms with Gasteiger partial charge in [-0.25, -0.2) is 0 Å². The number of ether oxygens (including phenoxy) is 1. The Morgan fingerprint density at radius 1 is 1.29 bits per heavy atom. The molecular formula is C9H9Cl2NO2. The summed E-state index contributed by atoms with van der Waals surface area (Å²) < 4.78 is 5.21. The van der Waals surface area contributed by atoms with E-state index in [1.54, 1.807) is 18.2 Å². The van der Waals surface area contributed by atoms with Crippen LogP contribution in [0.5, 0.6) is 5.75 Å². The van der Waals surface area contributed by atoms with Gasteiger partial charge in [-0.1, -0.05) is 23.2 Å². The molecule has 1 aromatic rings. The standard InChI is InChI=1S/C9H9Cl2NO2/c10-6-3-7(11)5-8(4-6)14-2-1-9(12)13/h3-5H,1-2H2,(H2,12,13). The molecule has 14 heavy (non-hydrogen) atoms. The molecule has 0 aromatic heterocycles. The van der Waals surface area contributed by atoms with Crippen molar-refractivity contribution < 1.29 is 9.53 Å². The smallest absolute Gasteiger partial charge is 0.220 e. The summed E-state index contributed by atoms with van der Waals surface area (Å²) in [6.07, 6.45) is 0.171. The Hall–Kier alpha value is -0.930. The van der Waals surface area contributed by atoms with Crippen LogP contribution >= 0.6 is 23.2 Å². The molecule has 1 rings (SSSR count). The topological polar surface area (TPSA) is 52.3 Å². The SMILES string of the molecule is NC(=O)CCOc1cc(Cl)cc(Cl)c1. The first-order valence-electron chi connectivity index (χ1n) is 3.95. The summed E-state index contributed by atoms with van der Waals surface area (Å²) >= 11 is 11.5. The van der Waals surface area contributed by atoms with E-state index in [0.717, 1.165) is 0 Å². The molecule has 3 nitrogen and oxygen atoms in total. The number of hydrogen-bond donors (Lipinski definition) is 1. The first kappa shape index (κ1) is 11.1. The van der Waals surface area contributed by atoms with Gasteiger partial charge in [0.2, 0.25) is 5.91 Å². The number of nitrogens with two attached hydrogens (primary N) is 1. The van der Waals surface area contributed by atoms with Crippen LogP contribution in [0.2, 0.25) is 10.0 Å². The average Bonchev–Trinajstić information content (AvgIpc) is 2.01. The zero-order chi connectivity index (χ0) is 10.6. The number of carbonyl (C=O) groups excluding carboxylic acids is 1. The van der Waals surface area contributed by atoms with E-state index in [-0.39, 0.29) is 13.0 Å². The molecule has 5 heteroatoms. The number of carbonyl (C=O) groups is 1. The number of hydrogen-bond acceptors (Lipinski definition) is 2. The molecule has 0 aliphatic heterocycles. The van der Waals surface area contributed by atoms with Gasteiger partial charge in [0.1, 0.15) is 5.75 Å². The van der Waals surface area contributed by atoms with E-state index in [1.807, 2.05) is 0 Å². The van der Waals surface area contributed by atoms with Crippen LogP contribution in [0.15, 0.2) is 18.2 Å². The molecule has 0 fully saturated rings. The lowest BCUT2D eigenvalue weighted by Gasteiger charge is -2.05. The normalized spacial score (nSPS) is 9.86. The van der Waals surface area contributed by atoms with Gasteiger partial charge < -0.3 is 10.5 Å². The van der Waals surface area contributed by atoms with E-state index in [1.165, 1.54) is 0 Å². The maximum absolute atomic E-state index is 10.4. The largest absolute Gasteiger partial charge is 0.493 e. The van der Waals surface area contributed by atoms with Gasteiger partial charge in [0, 0.05) is 10.0 Å². The molecule has 2 N–H and O–H groups in total. The van der Waals surface area contributed by atoms with Gasteiger partial charge in [-0.05, 0) is 18.2 Å². The van der Waals surface area contributed by atoms with Gasteiger partial charge >= 0.3 is 0 Å². The zero-order valence-corrected chi connectivity index (χ0v) is 8.81. The molecule has 0 bridgehead atoms. The zero-order valence-electron chi connectivity index (χ0n) is 7.30. The van der Waals surface area contributed by atoms with E-state index in [9.17, 15) is 4.79 Å². The number of rotatable bonds is 4. The number of primary amides is 1. The maximum Gasteiger partial charge on any atom is 0.220 e. The first-order valence-corrected chi connectivity index (χ1v) is 4.71. The van der Waals surface area contributed by atoms with Gasteiger partial charge in [0.05, 0.1) is 13.0 Å². The first-order chi connectivity index (χ1) is 6.58. The molecule has 0 aliphatic rings. The van der Waals surface area contributed by atoms with Crippen molar-refractivity contribution in [2.75, 3.05) is 6.61 Å². The summed E-state index contributed by atoms with van der Waals surface area (Å²) in [5.74, 6) is 0.127. The van der Waals surface area contributed by atoms with Crippen LogP contribution in [-0.2, 0) is 4.79 Å². The Balaban J connectivity index is 2.54. The summed E-state index contributed by atoms with van der Waals surface area (Å²) in [5, 5.41) is 0.984. The fourth-order valence-corrected chi connectivity index (χ4v) is 1.39. The van der Waals surface area contributed by atoms with Gasteiger partial charge in [0.25, 0.3) is 0 Å². The molecule has 0 spiro atoms. The lowest BCUT2D eigenvalue weighted by atomic mass is 10.3. The second kappa shape index (κ2) is 5.08. The minimum Gasteiger partial charge on any atom is -0.493 e. The quantitative estimate of drug-likeness (QED) is 0.868. The molecule has 0 saturated carbocycles. The molecular weight excluding hydrogens is 225 g/mol. The van der Waals surface area contributed by atoms with E-state index >= 15 is 0 Å². The van der Waals surface area contributed by atoms with Gasteiger partial charge in [-0.15, -0.1) is 0 Å². The third-order valence-electron chi connectivity index (χ3n) is 1.45. The van der Waals surface area contributed by atoms with Crippen molar-refractivity contribution in [2.45, 2.75) is 6.42 Å². The molecule has 0 radical (unpaired) electrons. The van der Waals surface area contributed by atoms with E-state index in [2.05, 4.69) is 0 Å². The number of amides is 1. The Kier molecular flexibility index (Phi) is 4.04. The Morgan fingerprint density at radius 2 is 1.86 bits per heavy atom. The van der Waals surface area contributed by atoms with Gasteiger partial charge in [0.15, 0.2) is 0 Å². The molecule has 0 saturated heterocycles. The summed E-state index contributed by atoms with van der Waals surface area (Å²) in [4.78, 5) is 10.4. The number of halogens is 2. The highest BCUT2D eigenvalue weighted by Crippen LogP contribution is 2.24. The van der Waals surface area contributed by atoms with Gasteiger partial charge in [-0.3, -0.25) is 4.79 Å². The molecule has 0 unspecified atom stereocenters. The molecule has 0 atom stereocenters.